The standard InChI is InChI=1S/C24H23ClN2O4S/c1-3-17-13-19(22(29)18-11-7-8-12-20(18)25)23(32-17)27(2)21(28)14-26-24(30)31-15-16-9-5-4-6-10-16/h4-13H,3,14-15H2,1-2H3,(H,26,30). The first kappa shape index (κ1) is 23.5. The van der Waals surface area contributed by atoms with Crippen LogP contribution >= 0.6 is 22.9 Å². The third-order valence-corrected chi connectivity index (χ3v) is 6.44. The largest absolute Gasteiger partial charge is 0.445 e. The second kappa shape index (κ2) is 10.9. The highest BCUT2D eigenvalue weighted by molar-refractivity contribution is 7.16. The SMILES string of the molecule is CCc1cc(C(=O)c2ccccc2Cl)c(N(C)C(=O)CNC(=O)OCc2ccccc2)s1. The van der Waals surface area contributed by atoms with Crippen LogP contribution in [0.1, 0.15) is 33.3 Å². The molecule has 8 heteroatoms. The number of halogens is 1. The number of anilines is 1. The summed E-state index contributed by atoms with van der Waals surface area (Å²) in [6.07, 6.45) is 0.0305. The Kier molecular flexibility index (Phi) is 8.03. The van der Waals surface area contributed by atoms with Crippen molar-refractivity contribution in [2.75, 3.05) is 18.5 Å². The summed E-state index contributed by atoms with van der Waals surface area (Å²) in [4.78, 5) is 40.1. The summed E-state index contributed by atoms with van der Waals surface area (Å²) in [7, 11) is 1.58. The number of carbonyl (C=O) groups excluding carboxylic acids is 3. The molecule has 1 heterocycles. The zero-order chi connectivity index (χ0) is 23.1. The summed E-state index contributed by atoms with van der Waals surface area (Å²) in [6.45, 7) is 1.83. The molecule has 6 nitrogen and oxygen atoms in total. The Morgan fingerprint density at radius 1 is 1.03 bits per heavy atom. The van der Waals surface area contributed by atoms with Crippen LogP contribution in [0.5, 0.6) is 0 Å². The molecular formula is C24H23ClN2O4S. The highest BCUT2D eigenvalue weighted by Crippen LogP contribution is 2.34. The Labute approximate surface area is 195 Å². The van der Waals surface area contributed by atoms with Gasteiger partial charge in [0.1, 0.15) is 18.2 Å². The summed E-state index contributed by atoms with van der Waals surface area (Å²) < 4.78 is 5.13. The van der Waals surface area contributed by atoms with Gasteiger partial charge in [0.2, 0.25) is 5.91 Å². The maximum absolute atomic E-state index is 13.1. The molecule has 32 heavy (non-hydrogen) atoms. The van der Waals surface area contributed by atoms with Crippen LogP contribution in [0.15, 0.2) is 60.7 Å². The number of hydrogen-bond acceptors (Lipinski definition) is 5. The van der Waals surface area contributed by atoms with Crippen LogP contribution in [-0.2, 0) is 22.6 Å². The molecule has 0 fully saturated rings. The highest BCUT2D eigenvalue weighted by Gasteiger charge is 2.24. The number of benzene rings is 2. The lowest BCUT2D eigenvalue weighted by Gasteiger charge is -2.17. The average Bonchev–Trinajstić information content (AvgIpc) is 3.26. The number of amides is 2. The van der Waals surface area contributed by atoms with Gasteiger partial charge in [-0.3, -0.25) is 9.59 Å². The van der Waals surface area contributed by atoms with Gasteiger partial charge < -0.3 is 15.0 Å². The zero-order valence-corrected chi connectivity index (χ0v) is 19.3. The van der Waals surface area contributed by atoms with Crippen LogP contribution in [0.25, 0.3) is 0 Å². The molecule has 0 spiro atoms. The van der Waals surface area contributed by atoms with Gasteiger partial charge >= 0.3 is 6.09 Å². The first-order valence-corrected chi connectivity index (χ1v) is 11.2. The number of rotatable bonds is 8. The fourth-order valence-electron chi connectivity index (χ4n) is 2.96. The summed E-state index contributed by atoms with van der Waals surface area (Å²) in [5.41, 5.74) is 1.63. The molecule has 0 saturated heterocycles. The number of nitrogens with zero attached hydrogens (tertiary/aromatic N) is 1. The molecule has 0 aliphatic rings. The van der Waals surface area contributed by atoms with E-state index in [2.05, 4.69) is 5.32 Å². The predicted molar refractivity (Wildman–Crippen MR) is 127 cm³/mol. The number of hydrogen-bond donors (Lipinski definition) is 1. The van der Waals surface area contributed by atoms with E-state index in [1.807, 2.05) is 37.3 Å². The number of nitrogens with one attached hydrogen (secondary N) is 1. The molecule has 2 aromatic carbocycles. The molecule has 0 atom stereocenters. The van der Waals surface area contributed by atoms with Gasteiger partial charge in [-0.25, -0.2) is 4.79 Å². The monoisotopic (exact) mass is 470 g/mol. The Morgan fingerprint density at radius 2 is 1.72 bits per heavy atom. The molecule has 166 valence electrons. The second-order valence-electron chi connectivity index (χ2n) is 6.96. The molecule has 0 bridgehead atoms. The van der Waals surface area contributed by atoms with Crippen LogP contribution in [0.3, 0.4) is 0 Å². The fraction of sp³-hybridized carbons (Fsp3) is 0.208. The van der Waals surface area contributed by atoms with Crippen LogP contribution in [-0.4, -0.2) is 31.4 Å². The number of aryl methyl sites for hydroxylation is 1. The molecule has 0 aliphatic carbocycles. The lowest BCUT2D eigenvalue weighted by Crippen LogP contribution is -2.38. The van der Waals surface area contributed by atoms with E-state index >= 15 is 0 Å². The van der Waals surface area contributed by atoms with Crippen molar-refractivity contribution in [1.29, 1.82) is 0 Å². The van der Waals surface area contributed by atoms with Crippen LogP contribution in [0.2, 0.25) is 5.02 Å². The molecular weight excluding hydrogens is 448 g/mol. The second-order valence-corrected chi connectivity index (χ2v) is 8.48. The van der Waals surface area contributed by atoms with Gasteiger partial charge in [0, 0.05) is 17.5 Å². The smallest absolute Gasteiger partial charge is 0.407 e. The minimum atomic E-state index is -0.691. The highest BCUT2D eigenvalue weighted by atomic mass is 35.5. The lowest BCUT2D eigenvalue weighted by atomic mass is 10.0. The van der Waals surface area contributed by atoms with Crippen molar-refractivity contribution >= 4 is 45.7 Å². The van der Waals surface area contributed by atoms with E-state index in [1.165, 1.54) is 16.2 Å². The Balaban J connectivity index is 1.67. The van der Waals surface area contributed by atoms with Crippen molar-refractivity contribution < 1.29 is 19.1 Å². The zero-order valence-electron chi connectivity index (χ0n) is 17.8. The molecule has 1 N–H and O–H groups in total. The van der Waals surface area contributed by atoms with E-state index in [4.69, 9.17) is 16.3 Å². The number of thiophene rings is 1. The number of likely N-dealkylation sites (N-methyl/N-ethyl adjacent to an activating group) is 1. The Morgan fingerprint density at radius 3 is 2.41 bits per heavy atom. The van der Waals surface area contributed by atoms with Crippen molar-refractivity contribution in [2.45, 2.75) is 20.0 Å². The molecule has 0 unspecified atom stereocenters. The lowest BCUT2D eigenvalue weighted by molar-refractivity contribution is -0.117. The van der Waals surface area contributed by atoms with Crippen molar-refractivity contribution in [3.8, 4) is 0 Å². The molecule has 0 aliphatic heterocycles. The van der Waals surface area contributed by atoms with Crippen molar-refractivity contribution in [3.63, 3.8) is 0 Å². The van der Waals surface area contributed by atoms with Crippen LogP contribution < -0.4 is 10.2 Å². The third kappa shape index (κ3) is 5.75. The molecule has 2 amide bonds. The molecule has 1 aromatic heterocycles. The van der Waals surface area contributed by atoms with E-state index in [-0.39, 0.29) is 24.8 Å². The quantitative estimate of drug-likeness (QED) is 0.465. The Bertz CT molecular complexity index is 1110. The minimum Gasteiger partial charge on any atom is -0.445 e. The van der Waals surface area contributed by atoms with Gasteiger partial charge in [0.25, 0.3) is 0 Å². The first-order chi connectivity index (χ1) is 15.4. The summed E-state index contributed by atoms with van der Waals surface area (Å²) in [5, 5.41) is 3.32. The van der Waals surface area contributed by atoms with E-state index < -0.39 is 6.09 Å². The van der Waals surface area contributed by atoms with Crippen molar-refractivity contribution in [3.05, 3.63) is 87.3 Å². The summed E-state index contributed by atoms with van der Waals surface area (Å²) >= 11 is 7.57. The topological polar surface area (TPSA) is 75.7 Å². The van der Waals surface area contributed by atoms with E-state index in [0.29, 0.717) is 21.2 Å². The normalized spacial score (nSPS) is 10.5. The fourth-order valence-corrected chi connectivity index (χ4v) is 4.25. The van der Waals surface area contributed by atoms with Gasteiger partial charge in [-0.05, 0) is 30.2 Å². The molecule has 0 saturated carbocycles. The van der Waals surface area contributed by atoms with Crippen molar-refractivity contribution in [2.24, 2.45) is 0 Å². The third-order valence-electron chi connectivity index (χ3n) is 4.75. The van der Waals surface area contributed by atoms with E-state index in [0.717, 1.165) is 16.9 Å². The molecule has 3 rings (SSSR count). The number of alkyl carbamates (subject to hydrolysis) is 1. The van der Waals surface area contributed by atoms with E-state index in [9.17, 15) is 14.4 Å². The number of ketones is 1. The summed E-state index contributed by atoms with van der Waals surface area (Å²) in [5.74, 6) is -0.629. The minimum absolute atomic E-state index is 0.109. The molecule has 0 radical (unpaired) electrons. The molecule has 3 aromatic rings. The number of carbonyl (C=O) groups is 3. The average molecular weight is 471 g/mol. The van der Waals surface area contributed by atoms with Gasteiger partial charge in [-0.2, -0.15) is 0 Å². The Hall–Kier alpha value is -3.16. The van der Waals surface area contributed by atoms with Gasteiger partial charge in [0.05, 0.1) is 10.6 Å². The van der Waals surface area contributed by atoms with Crippen LogP contribution in [0.4, 0.5) is 9.80 Å². The van der Waals surface area contributed by atoms with Crippen LogP contribution in [0, 0.1) is 0 Å². The van der Waals surface area contributed by atoms with Gasteiger partial charge in [-0.1, -0.05) is 61.0 Å². The van der Waals surface area contributed by atoms with E-state index in [1.54, 1.807) is 37.4 Å². The van der Waals surface area contributed by atoms with Gasteiger partial charge in [0.15, 0.2) is 5.78 Å². The first-order valence-electron chi connectivity index (χ1n) is 10.0. The predicted octanol–water partition coefficient (Wildman–Crippen LogP) is 5.08. The maximum atomic E-state index is 13.1. The number of ether oxygens (including phenoxy) is 1. The maximum Gasteiger partial charge on any atom is 0.407 e. The van der Waals surface area contributed by atoms with Crippen molar-refractivity contribution in [1.82, 2.24) is 5.32 Å². The summed E-state index contributed by atoms with van der Waals surface area (Å²) in [6, 6.07) is 17.8. The van der Waals surface area contributed by atoms with Gasteiger partial charge in [-0.15, -0.1) is 11.3 Å².